The van der Waals surface area contributed by atoms with Crippen LogP contribution in [0, 0.1) is 6.92 Å². The number of amides is 1. The molecule has 0 aliphatic carbocycles. The molecule has 3 rings (SSSR count). The average Bonchev–Trinajstić information content (AvgIpc) is 3.16. The van der Waals surface area contributed by atoms with E-state index < -0.39 is 10.0 Å². The van der Waals surface area contributed by atoms with Crippen LogP contribution in [0.25, 0.3) is 6.08 Å². The summed E-state index contributed by atoms with van der Waals surface area (Å²) >= 11 is 0. The van der Waals surface area contributed by atoms with Crippen LogP contribution in [-0.2, 0) is 14.8 Å². The number of hydrogen-bond acceptors (Lipinski definition) is 5. The first kappa shape index (κ1) is 20.9. The number of sulfonamides is 1. The van der Waals surface area contributed by atoms with Gasteiger partial charge in [-0.05, 0) is 48.4 Å². The maximum atomic E-state index is 12.8. The minimum absolute atomic E-state index is 0.190. The first-order valence-electron chi connectivity index (χ1n) is 9.34. The topological polar surface area (TPSA) is 84.9 Å². The number of nitrogens with zero attached hydrogens (tertiary/aromatic N) is 1. The van der Waals surface area contributed by atoms with Crippen molar-refractivity contribution in [3.63, 3.8) is 0 Å². The van der Waals surface area contributed by atoms with Crippen molar-refractivity contribution in [3.05, 3.63) is 53.6 Å². The molecule has 0 bridgehead atoms. The average molecular weight is 416 g/mol. The van der Waals surface area contributed by atoms with E-state index in [0.717, 1.165) is 5.56 Å². The molecule has 7 nitrogen and oxygen atoms in total. The predicted octanol–water partition coefficient (Wildman–Crippen LogP) is 3.41. The van der Waals surface area contributed by atoms with Gasteiger partial charge in [-0.15, -0.1) is 0 Å². The van der Waals surface area contributed by atoms with Gasteiger partial charge in [0.1, 0.15) is 0 Å². The zero-order chi connectivity index (χ0) is 21.0. The highest BCUT2D eigenvalue weighted by Crippen LogP contribution is 2.32. The minimum atomic E-state index is -3.61. The zero-order valence-electron chi connectivity index (χ0n) is 16.6. The standard InChI is InChI=1S/C21H24N2O5S/c1-4-23(5-2)29(25,26)20-13-17(9-6-15(20)3)22-21(24)11-8-16-7-10-18-19(12-16)28-14-27-18/h6-13H,4-5,14H2,1-3H3,(H,22,24)/b11-8+. The van der Waals surface area contributed by atoms with E-state index in [2.05, 4.69) is 5.32 Å². The molecule has 0 saturated carbocycles. The number of rotatable bonds is 7. The molecule has 29 heavy (non-hydrogen) atoms. The van der Waals surface area contributed by atoms with E-state index >= 15 is 0 Å². The Bertz CT molecular complexity index is 1040. The molecule has 0 spiro atoms. The maximum Gasteiger partial charge on any atom is 0.248 e. The van der Waals surface area contributed by atoms with Gasteiger partial charge in [0.15, 0.2) is 11.5 Å². The molecule has 0 fully saturated rings. The number of nitrogens with one attached hydrogen (secondary N) is 1. The summed E-state index contributed by atoms with van der Waals surface area (Å²) in [6.07, 6.45) is 3.04. The van der Waals surface area contributed by atoms with Gasteiger partial charge < -0.3 is 14.8 Å². The minimum Gasteiger partial charge on any atom is -0.454 e. The zero-order valence-corrected chi connectivity index (χ0v) is 17.5. The second-order valence-corrected chi connectivity index (χ2v) is 8.41. The van der Waals surface area contributed by atoms with Crippen molar-refractivity contribution in [1.29, 1.82) is 0 Å². The number of carbonyl (C=O) groups excluding carboxylic acids is 1. The Morgan fingerprint density at radius 1 is 1.10 bits per heavy atom. The molecule has 0 saturated heterocycles. The molecule has 1 N–H and O–H groups in total. The van der Waals surface area contributed by atoms with Crippen molar-refractivity contribution in [2.45, 2.75) is 25.7 Å². The van der Waals surface area contributed by atoms with E-state index in [0.29, 0.717) is 35.8 Å². The molecule has 2 aromatic carbocycles. The van der Waals surface area contributed by atoms with Crippen LogP contribution in [0.4, 0.5) is 5.69 Å². The molecular formula is C21H24N2O5S. The molecule has 0 radical (unpaired) electrons. The molecule has 1 aliphatic rings. The number of hydrogen-bond donors (Lipinski definition) is 1. The van der Waals surface area contributed by atoms with Gasteiger partial charge in [-0.25, -0.2) is 8.42 Å². The second-order valence-electron chi connectivity index (χ2n) is 6.50. The van der Waals surface area contributed by atoms with E-state index in [9.17, 15) is 13.2 Å². The summed E-state index contributed by atoms with van der Waals surface area (Å²) in [7, 11) is -3.61. The molecular weight excluding hydrogens is 392 g/mol. The monoisotopic (exact) mass is 416 g/mol. The van der Waals surface area contributed by atoms with Gasteiger partial charge in [-0.1, -0.05) is 26.0 Å². The van der Waals surface area contributed by atoms with Gasteiger partial charge in [0.25, 0.3) is 0 Å². The number of anilines is 1. The molecule has 0 atom stereocenters. The largest absolute Gasteiger partial charge is 0.454 e. The van der Waals surface area contributed by atoms with Crippen molar-refractivity contribution in [3.8, 4) is 11.5 Å². The Hall–Kier alpha value is -2.84. The van der Waals surface area contributed by atoms with Crippen LogP contribution < -0.4 is 14.8 Å². The highest BCUT2D eigenvalue weighted by Gasteiger charge is 2.24. The summed E-state index contributed by atoms with van der Waals surface area (Å²) in [5.74, 6) is 0.947. The molecule has 154 valence electrons. The molecule has 2 aromatic rings. The smallest absolute Gasteiger partial charge is 0.248 e. The highest BCUT2D eigenvalue weighted by molar-refractivity contribution is 7.89. The Labute approximate surface area is 171 Å². The van der Waals surface area contributed by atoms with Crippen molar-refractivity contribution < 1.29 is 22.7 Å². The Kier molecular flexibility index (Phi) is 6.24. The van der Waals surface area contributed by atoms with Gasteiger partial charge in [0.05, 0.1) is 4.90 Å². The van der Waals surface area contributed by atoms with E-state index in [1.165, 1.54) is 16.4 Å². The highest BCUT2D eigenvalue weighted by atomic mass is 32.2. The van der Waals surface area contributed by atoms with Crippen molar-refractivity contribution in [1.82, 2.24) is 4.31 Å². The summed E-state index contributed by atoms with van der Waals surface area (Å²) < 4.78 is 37.6. The molecule has 0 unspecified atom stereocenters. The first-order chi connectivity index (χ1) is 13.8. The summed E-state index contributed by atoms with van der Waals surface area (Å²) in [5, 5.41) is 2.71. The summed E-state index contributed by atoms with van der Waals surface area (Å²) in [6, 6.07) is 10.3. The summed E-state index contributed by atoms with van der Waals surface area (Å²) in [4.78, 5) is 12.5. The fourth-order valence-electron chi connectivity index (χ4n) is 3.03. The lowest BCUT2D eigenvalue weighted by molar-refractivity contribution is -0.111. The lowest BCUT2D eigenvalue weighted by atomic mass is 10.2. The number of ether oxygens (including phenoxy) is 2. The predicted molar refractivity (Wildman–Crippen MR) is 112 cm³/mol. The Morgan fingerprint density at radius 3 is 2.55 bits per heavy atom. The van der Waals surface area contributed by atoms with Crippen LogP contribution >= 0.6 is 0 Å². The van der Waals surface area contributed by atoms with E-state index in [4.69, 9.17) is 9.47 Å². The fourth-order valence-corrected chi connectivity index (χ4v) is 4.74. The van der Waals surface area contributed by atoms with Crippen LogP contribution in [-0.4, -0.2) is 38.5 Å². The van der Waals surface area contributed by atoms with Crippen LogP contribution in [0.2, 0.25) is 0 Å². The normalized spacial score (nSPS) is 13.2. The molecule has 0 aromatic heterocycles. The van der Waals surface area contributed by atoms with E-state index in [1.54, 1.807) is 51.1 Å². The fraction of sp³-hybridized carbons (Fsp3) is 0.286. The van der Waals surface area contributed by atoms with Crippen molar-refractivity contribution >= 4 is 27.7 Å². The van der Waals surface area contributed by atoms with Crippen LogP contribution in [0.3, 0.4) is 0 Å². The lowest BCUT2D eigenvalue weighted by Crippen LogP contribution is -2.31. The number of benzene rings is 2. The molecule has 8 heteroatoms. The number of aryl methyl sites for hydroxylation is 1. The van der Waals surface area contributed by atoms with Gasteiger partial charge in [-0.2, -0.15) is 4.31 Å². The first-order valence-corrected chi connectivity index (χ1v) is 10.8. The van der Waals surface area contributed by atoms with Crippen molar-refractivity contribution in [2.75, 3.05) is 25.2 Å². The summed E-state index contributed by atoms with van der Waals surface area (Å²) in [6.45, 7) is 6.28. The molecule has 1 heterocycles. The van der Waals surface area contributed by atoms with Gasteiger partial charge >= 0.3 is 0 Å². The maximum absolute atomic E-state index is 12.8. The second kappa shape index (κ2) is 8.67. The third-order valence-electron chi connectivity index (χ3n) is 4.60. The third kappa shape index (κ3) is 4.60. The van der Waals surface area contributed by atoms with E-state index in [1.807, 2.05) is 6.07 Å². The molecule has 1 aliphatic heterocycles. The Morgan fingerprint density at radius 2 is 1.83 bits per heavy atom. The third-order valence-corrected chi connectivity index (χ3v) is 6.79. The van der Waals surface area contributed by atoms with Gasteiger partial charge in [0, 0.05) is 24.9 Å². The van der Waals surface area contributed by atoms with Crippen LogP contribution in [0.15, 0.2) is 47.4 Å². The van der Waals surface area contributed by atoms with Gasteiger partial charge in [0.2, 0.25) is 22.7 Å². The van der Waals surface area contributed by atoms with Crippen molar-refractivity contribution in [2.24, 2.45) is 0 Å². The van der Waals surface area contributed by atoms with E-state index in [-0.39, 0.29) is 17.6 Å². The number of carbonyl (C=O) groups is 1. The quantitative estimate of drug-likeness (QED) is 0.699. The van der Waals surface area contributed by atoms with Crippen LogP contribution in [0.5, 0.6) is 11.5 Å². The lowest BCUT2D eigenvalue weighted by Gasteiger charge is -2.20. The summed E-state index contributed by atoms with van der Waals surface area (Å²) in [5.41, 5.74) is 1.84. The van der Waals surface area contributed by atoms with Gasteiger partial charge in [-0.3, -0.25) is 4.79 Å². The Balaban J connectivity index is 1.75. The SMILES string of the molecule is CCN(CC)S(=O)(=O)c1cc(NC(=O)/C=C/c2ccc3c(c2)OCO3)ccc1C. The van der Waals surface area contributed by atoms with Crippen LogP contribution in [0.1, 0.15) is 25.0 Å². The molecule has 1 amide bonds. The number of fused-ring (bicyclic) bond motifs is 1.